The molecule has 1 unspecified atom stereocenters. The SMILES string of the molecule is N#CCc1cccc2c1OC(=O)CC2C1CCCCC1. The Kier molecular flexibility index (Phi) is 3.73. The third-order valence-electron chi connectivity index (χ3n) is 4.62. The molecule has 1 aliphatic carbocycles. The zero-order valence-electron chi connectivity index (χ0n) is 11.6. The number of hydrogen-bond acceptors (Lipinski definition) is 3. The van der Waals surface area contributed by atoms with E-state index < -0.39 is 0 Å². The molecule has 2 aliphatic rings. The van der Waals surface area contributed by atoms with Gasteiger partial charge in [0.15, 0.2) is 0 Å². The number of rotatable bonds is 2. The van der Waals surface area contributed by atoms with Gasteiger partial charge in [-0.05, 0) is 24.3 Å². The van der Waals surface area contributed by atoms with Crippen molar-refractivity contribution in [2.75, 3.05) is 0 Å². The first kappa shape index (κ1) is 13.2. The van der Waals surface area contributed by atoms with Crippen molar-refractivity contribution in [3.05, 3.63) is 29.3 Å². The minimum Gasteiger partial charge on any atom is -0.426 e. The zero-order valence-corrected chi connectivity index (χ0v) is 11.6. The van der Waals surface area contributed by atoms with E-state index >= 15 is 0 Å². The molecule has 0 aromatic heterocycles. The molecule has 20 heavy (non-hydrogen) atoms. The van der Waals surface area contributed by atoms with Crippen molar-refractivity contribution < 1.29 is 9.53 Å². The van der Waals surface area contributed by atoms with Gasteiger partial charge in [0, 0.05) is 11.5 Å². The van der Waals surface area contributed by atoms with Crippen molar-refractivity contribution in [1.29, 1.82) is 5.26 Å². The largest absolute Gasteiger partial charge is 0.426 e. The van der Waals surface area contributed by atoms with Crippen molar-refractivity contribution in [3.8, 4) is 11.8 Å². The molecule has 0 spiro atoms. The topological polar surface area (TPSA) is 50.1 Å². The first-order chi connectivity index (χ1) is 9.79. The number of hydrogen-bond donors (Lipinski definition) is 0. The lowest BCUT2D eigenvalue weighted by Gasteiger charge is -2.34. The van der Waals surface area contributed by atoms with Crippen molar-refractivity contribution >= 4 is 5.97 Å². The van der Waals surface area contributed by atoms with Gasteiger partial charge in [-0.15, -0.1) is 0 Å². The van der Waals surface area contributed by atoms with Gasteiger partial charge in [0.05, 0.1) is 18.9 Å². The van der Waals surface area contributed by atoms with E-state index in [2.05, 4.69) is 12.1 Å². The lowest BCUT2D eigenvalue weighted by atomic mass is 9.74. The summed E-state index contributed by atoms with van der Waals surface area (Å²) < 4.78 is 5.45. The van der Waals surface area contributed by atoms with Crippen LogP contribution in [-0.2, 0) is 11.2 Å². The highest BCUT2D eigenvalue weighted by Gasteiger charge is 2.34. The molecule has 1 aliphatic heterocycles. The number of carbonyl (C=O) groups is 1. The summed E-state index contributed by atoms with van der Waals surface area (Å²) >= 11 is 0. The Balaban J connectivity index is 1.97. The predicted octanol–water partition coefficient (Wildman–Crippen LogP) is 3.73. The van der Waals surface area contributed by atoms with Crippen LogP contribution >= 0.6 is 0 Å². The molecule has 1 fully saturated rings. The first-order valence-corrected chi connectivity index (χ1v) is 7.49. The first-order valence-electron chi connectivity index (χ1n) is 7.49. The van der Waals surface area contributed by atoms with Crippen LogP contribution in [-0.4, -0.2) is 5.97 Å². The van der Waals surface area contributed by atoms with E-state index in [4.69, 9.17) is 10.00 Å². The molecule has 0 bridgehead atoms. The second kappa shape index (κ2) is 5.66. The van der Waals surface area contributed by atoms with E-state index in [1.165, 1.54) is 32.1 Å². The molecule has 0 saturated heterocycles. The Labute approximate surface area is 119 Å². The molecular weight excluding hydrogens is 250 g/mol. The van der Waals surface area contributed by atoms with Crippen LogP contribution in [0.4, 0.5) is 0 Å². The molecule has 3 nitrogen and oxygen atoms in total. The second-order valence-electron chi connectivity index (χ2n) is 5.85. The lowest BCUT2D eigenvalue weighted by molar-refractivity contribution is -0.136. The monoisotopic (exact) mass is 269 g/mol. The number of ether oxygens (including phenoxy) is 1. The summed E-state index contributed by atoms with van der Waals surface area (Å²) in [6, 6.07) is 8.10. The van der Waals surface area contributed by atoms with Gasteiger partial charge in [-0.25, -0.2) is 0 Å². The van der Waals surface area contributed by atoms with E-state index in [9.17, 15) is 4.79 Å². The van der Waals surface area contributed by atoms with Crippen LogP contribution in [0.25, 0.3) is 0 Å². The number of fused-ring (bicyclic) bond motifs is 1. The van der Waals surface area contributed by atoms with Crippen molar-refractivity contribution in [3.63, 3.8) is 0 Å². The van der Waals surface area contributed by atoms with Crippen LogP contribution in [0.3, 0.4) is 0 Å². The number of nitriles is 1. The van der Waals surface area contributed by atoms with Gasteiger partial charge in [-0.3, -0.25) is 4.79 Å². The van der Waals surface area contributed by atoms with Crippen molar-refractivity contribution in [2.45, 2.75) is 50.9 Å². The van der Waals surface area contributed by atoms with Crippen LogP contribution in [0.15, 0.2) is 18.2 Å². The van der Waals surface area contributed by atoms with Gasteiger partial charge in [-0.2, -0.15) is 5.26 Å². The molecule has 1 aromatic rings. The minimum absolute atomic E-state index is 0.140. The number of esters is 1. The summed E-state index contributed by atoms with van der Waals surface area (Å²) in [4.78, 5) is 11.9. The van der Waals surface area contributed by atoms with E-state index in [-0.39, 0.29) is 11.9 Å². The average molecular weight is 269 g/mol. The van der Waals surface area contributed by atoms with Crippen LogP contribution < -0.4 is 4.74 Å². The number of para-hydroxylation sites is 1. The maximum absolute atomic E-state index is 11.9. The quantitative estimate of drug-likeness (QED) is 0.607. The van der Waals surface area contributed by atoms with E-state index in [1.54, 1.807) is 0 Å². The van der Waals surface area contributed by atoms with Gasteiger partial charge >= 0.3 is 5.97 Å². The molecule has 0 radical (unpaired) electrons. The van der Waals surface area contributed by atoms with Gasteiger partial charge < -0.3 is 4.74 Å². The zero-order chi connectivity index (χ0) is 13.9. The third kappa shape index (κ3) is 2.43. The smallest absolute Gasteiger partial charge is 0.311 e. The summed E-state index contributed by atoms with van der Waals surface area (Å²) in [5.74, 6) is 1.40. The molecule has 1 saturated carbocycles. The number of nitrogens with zero attached hydrogens (tertiary/aromatic N) is 1. The average Bonchev–Trinajstić information content (AvgIpc) is 2.48. The van der Waals surface area contributed by atoms with Crippen molar-refractivity contribution in [2.24, 2.45) is 5.92 Å². The standard InChI is InChI=1S/C17H19NO2/c18-10-9-13-7-4-8-14-15(11-16(19)20-17(13)14)12-5-2-1-3-6-12/h4,7-8,12,15H,1-3,5-6,9,11H2. The fraction of sp³-hybridized carbons (Fsp3) is 0.529. The fourth-order valence-electron chi connectivity index (χ4n) is 3.65. The lowest BCUT2D eigenvalue weighted by Crippen LogP contribution is -2.27. The molecule has 3 rings (SSSR count). The maximum Gasteiger partial charge on any atom is 0.311 e. The van der Waals surface area contributed by atoms with Crippen LogP contribution in [0.5, 0.6) is 5.75 Å². The Bertz CT molecular complexity index is 553. The molecule has 1 atom stereocenters. The second-order valence-corrected chi connectivity index (χ2v) is 5.85. The van der Waals surface area contributed by atoms with Gasteiger partial charge in [0.1, 0.15) is 5.75 Å². The number of carbonyl (C=O) groups excluding carboxylic acids is 1. The minimum atomic E-state index is -0.140. The fourth-order valence-corrected chi connectivity index (χ4v) is 3.65. The molecule has 1 heterocycles. The normalized spacial score (nSPS) is 22.8. The summed E-state index contributed by atoms with van der Waals surface area (Å²) in [5.41, 5.74) is 1.99. The molecular formula is C17H19NO2. The molecule has 0 amide bonds. The summed E-state index contributed by atoms with van der Waals surface area (Å²) in [5, 5.41) is 8.91. The summed E-state index contributed by atoms with van der Waals surface area (Å²) in [6.45, 7) is 0. The summed E-state index contributed by atoms with van der Waals surface area (Å²) in [7, 11) is 0. The van der Waals surface area contributed by atoms with Crippen LogP contribution in [0.1, 0.15) is 55.6 Å². The highest BCUT2D eigenvalue weighted by atomic mass is 16.5. The third-order valence-corrected chi connectivity index (χ3v) is 4.62. The van der Waals surface area contributed by atoms with E-state index in [0.717, 1.165) is 11.1 Å². The Hall–Kier alpha value is -1.82. The molecule has 3 heteroatoms. The Morgan fingerprint density at radius 3 is 2.80 bits per heavy atom. The molecule has 1 aromatic carbocycles. The Morgan fingerprint density at radius 1 is 1.25 bits per heavy atom. The van der Waals surface area contributed by atoms with Crippen molar-refractivity contribution in [1.82, 2.24) is 0 Å². The van der Waals surface area contributed by atoms with Crippen LogP contribution in [0.2, 0.25) is 0 Å². The highest BCUT2D eigenvalue weighted by molar-refractivity contribution is 5.77. The number of benzene rings is 1. The summed E-state index contributed by atoms with van der Waals surface area (Å²) in [6.07, 6.45) is 7.06. The highest BCUT2D eigenvalue weighted by Crippen LogP contribution is 2.45. The molecule has 0 N–H and O–H groups in total. The van der Waals surface area contributed by atoms with E-state index in [0.29, 0.717) is 24.5 Å². The maximum atomic E-state index is 11.9. The Morgan fingerprint density at radius 2 is 2.05 bits per heavy atom. The molecule has 104 valence electrons. The van der Waals surface area contributed by atoms with E-state index in [1.807, 2.05) is 12.1 Å². The van der Waals surface area contributed by atoms with Gasteiger partial charge in [-0.1, -0.05) is 37.5 Å². The van der Waals surface area contributed by atoms with Crippen LogP contribution in [0, 0.1) is 17.2 Å². The predicted molar refractivity (Wildman–Crippen MR) is 75.3 cm³/mol. The van der Waals surface area contributed by atoms with Gasteiger partial charge in [0.2, 0.25) is 0 Å². The van der Waals surface area contributed by atoms with Gasteiger partial charge in [0.25, 0.3) is 0 Å².